The molecule has 2 aromatic rings. The fraction of sp³-hybridized carbons (Fsp3) is 0.316. The van der Waals surface area contributed by atoms with Crippen LogP contribution in [-0.4, -0.2) is 45.9 Å². The molecule has 0 radical (unpaired) electrons. The van der Waals surface area contributed by atoms with E-state index in [4.69, 9.17) is 9.47 Å². The Labute approximate surface area is 158 Å². The molecule has 0 aromatic heterocycles. The van der Waals surface area contributed by atoms with Crippen molar-refractivity contribution in [1.29, 1.82) is 0 Å². The molecule has 8 heteroatoms. The Morgan fingerprint density at radius 3 is 2.52 bits per heavy atom. The summed E-state index contributed by atoms with van der Waals surface area (Å²) in [7, 11) is -3.22. The van der Waals surface area contributed by atoms with Gasteiger partial charge in [0.25, 0.3) is 0 Å². The number of nitrogens with one attached hydrogen (secondary N) is 2. The molecule has 1 unspecified atom stereocenters. The first kappa shape index (κ1) is 19.0. The van der Waals surface area contributed by atoms with Crippen LogP contribution < -0.4 is 20.1 Å². The van der Waals surface area contributed by atoms with E-state index >= 15 is 0 Å². The van der Waals surface area contributed by atoms with Gasteiger partial charge < -0.3 is 20.1 Å². The van der Waals surface area contributed by atoms with Gasteiger partial charge in [0.05, 0.1) is 23.7 Å². The largest absolute Gasteiger partial charge is 0.486 e. The number of rotatable bonds is 7. The van der Waals surface area contributed by atoms with Crippen molar-refractivity contribution in [2.45, 2.75) is 17.9 Å². The van der Waals surface area contributed by atoms with Crippen molar-refractivity contribution in [2.24, 2.45) is 0 Å². The van der Waals surface area contributed by atoms with Gasteiger partial charge in [-0.25, -0.2) is 8.42 Å². The Kier molecular flexibility index (Phi) is 5.85. The Morgan fingerprint density at radius 2 is 1.81 bits per heavy atom. The van der Waals surface area contributed by atoms with Crippen LogP contribution in [0.4, 0.5) is 5.69 Å². The maximum atomic E-state index is 12.0. The van der Waals surface area contributed by atoms with E-state index in [1.165, 1.54) is 12.1 Å². The van der Waals surface area contributed by atoms with Crippen LogP contribution in [0.25, 0.3) is 0 Å². The number of sulfone groups is 1. The van der Waals surface area contributed by atoms with Crippen LogP contribution in [0.3, 0.4) is 0 Å². The topological polar surface area (TPSA) is 93.7 Å². The number of benzene rings is 2. The lowest BCUT2D eigenvalue weighted by molar-refractivity contribution is -0.119. The molecule has 1 heterocycles. The minimum absolute atomic E-state index is 0.0552. The van der Waals surface area contributed by atoms with Crippen molar-refractivity contribution in [1.82, 2.24) is 5.32 Å². The lowest BCUT2D eigenvalue weighted by atomic mass is 10.2. The maximum Gasteiger partial charge on any atom is 0.239 e. The predicted octanol–water partition coefficient (Wildman–Crippen LogP) is 1.85. The van der Waals surface area contributed by atoms with Gasteiger partial charge in [-0.15, -0.1) is 0 Å². The SMILES string of the molecule is CCS(=O)(=O)c1ccc(NCC(=O)NCC2COc3ccccc3O2)cc1. The molecule has 0 fully saturated rings. The molecule has 27 heavy (non-hydrogen) atoms. The smallest absolute Gasteiger partial charge is 0.239 e. The fourth-order valence-corrected chi connectivity index (χ4v) is 3.47. The summed E-state index contributed by atoms with van der Waals surface area (Å²) >= 11 is 0. The molecule has 0 saturated carbocycles. The van der Waals surface area contributed by atoms with Gasteiger partial charge in [-0.05, 0) is 36.4 Å². The van der Waals surface area contributed by atoms with Gasteiger partial charge >= 0.3 is 0 Å². The lowest BCUT2D eigenvalue weighted by Crippen LogP contribution is -2.42. The first-order valence-electron chi connectivity index (χ1n) is 8.70. The van der Waals surface area contributed by atoms with Crippen molar-refractivity contribution in [3.05, 3.63) is 48.5 Å². The Bertz CT molecular complexity index is 897. The summed E-state index contributed by atoms with van der Waals surface area (Å²) in [6, 6.07) is 13.8. The molecule has 0 saturated heterocycles. The molecule has 1 atom stereocenters. The molecule has 3 rings (SSSR count). The first-order chi connectivity index (χ1) is 13.0. The van der Waals surface area contributed by atoms with Crippen LogP contribution in [0.2, 0.25) is 0 Å². The van der Waals surface area contributed by atoms with Gasteiger partial charge in [0.15, 0.2) is 21.3 Å². The monoisotopic (exact) mass is 390 g/mol. The minimum Gasteiger partial charge on any atom is -0.486 e. The van der Waals surface area contributed by atoms with E-state index in [-0.39, 0.29) is 29.2 Å². The summed E-state index contributed by atoms with van der Waals surface area (Å²) in [5, 5.41) is 5.76. The van der Waals surface area contributed by atoms with E-state index < -0.39 is 9.84 Å². The molecular weight excluding hydrogens is 368 g/mol. The van der Waals surface area contributed by atoms with E-state index in [9.17, 15) is 13.2 Å². The van der Waals surface area contributed by atoms with E-state index in [0.717, 1.165) is 0 Å². The second-order valence-corrected chi connectivity index (χ2v) is 8.36. The number of anilines is 1. The molecule has 1 aliphatic rings. The van der Waals surface area contributed by atoms with Crippen molar-refractivity contribution in [3.8, 4) is 11.5 Å². The number of ether oxygens (including phenoxy) is 2. The minimum atomic E-state index is -3.22. The zero-order chi connectivity index (χ0) is 19.3. The van der Waals surface area contributed by atoms with E-state index in [1.54, 1.807) is 19.1 Å². The number of carbonyl (C=O) groups is 1. The normalized spacial score (nSPS) is 15.8. The molecule has 0 spiro atoms. The van der Waals surface area contributed by atoms with Gasteiger partial charge in [-0.3, -0.25) is 4.79 Å². The van der Waals surface area contributed by atoms with E-state index in [2.05, 4.69) is 10.6 Å². The van der Waals surface area contributed by atoms with E-state index in [1.807, 2.05) is 24.3 Å². The molecule has 7 nitrogen and oxygen atoms in total. The van der Waals surface area contributed by atoms with Crippen LogP contribution in [-0.2, 0) is 14.6 Å². The average Bonchev–Trinajstić information content (AvgIpc) is 2.71. The van der Waals surface area contributed by atoms with E-state index in [0.29, 0.717) is 30.3 Å². The third-order valence-electron chi connectivity index (χ3n) is 4.14. The number of para-hydroxylation sites is 2. The summed E-state index contributed by atoms with van der Waals surface area (Å²) in [6.07, 6.45) is -0.248. The Balaban J connectivity index is 1.44. The lowest BCUT2D eigenvalue weighted by Gasteiger charge is -2.26. The Hall–Kier alpha value is -2.74. The van der Waals surface area contributed by atoms with Crippen molar-refractivity contribution < 1.29 is 22.7 Å². The molecule has 0 bridgehead atoms. The summed E-state index contributed by atoms with van der Waals surface area (Å²) in [5.41, 5.74) is 0.673. The molecule has 144 valence electrons. The summed E-state index contributed by atoms with van der Waals surface area (Å²) in [6.45, 7) is 2.39. The van der Waals surface area contributed by atoms with Crippen LogP contribution in [0.15, 0.2) is 53.4 Å². The zero-order valence-electron chi connectivity index (χ0n) is 15.0. The fourth-order valence-electron chi connectivity index (χ4n) is 2.58. The quantitative estimate of drug-likeness (QED) is 0.749. The number of carbonyl (C=O) groups excluding carboxylic acids is 1. The third-order valence-corrected chi connectivity index (χ3v) is 5.89. The van der Waals surface area contributed by atoms with Crippen molar-refractivity contribution in [2.75, 3.05) is 30.8 Å². The standard InChI is InChI=1S/C19H22N2O5S/c1-2-27(23,24)16-9-7-14(8-10-16)20-12-19(22)21-11-15-13-25-17-5-3-4-6-18(17)26-15/h3-10,15,20H,2,11-13H2,1H3,(H,21,22). The first-order valence-corrected chi connectivity index (χ1v) is 10.3. The summed E-state index contributed by atoms with van der Waals surface area (Å²) < 4.78 is 35.0. The highest BCUT2D eigenvalue weighted by atomic mass is 32.2. The van der Waals surface area contributed by atoms with Gasteiger partial charge in [-0.1, -0.05) is 19.1 Å². The molecule has 0 aliphatic carbocycles. The van der Waals surface area contributed by atoms with Crippen LogP contribution in [0.5, 0.6) is 11.5 Å². The second kappa shape index (κ2) is 8.30. The number of fused-ring (bicyclic) bond motifs is 1. The molecular formula is C19H22N2O5S. The van der Waals surface area contributed by atoms with Crippen molar-refractivity contribution in [3.63, 3.8) is 0 Å². The zero-order valence-corrected chi connectivity index (χ0v) is 15.8. The maximum absolute atomic E-state index is 12.0. The number of amides is 1. The molecule has 2 N–H and O–H groups in total. The molecule has 2 aromatic carbocycles. The third kappa shape index (κ3) is 4.91. The molecule has 1 aliphatic heterocycles. The summed E-state index contributed by atoms with van der Waals surface area (Å²) in [5.74, 6) is 1.24. The van der Waals surface area contributed by atoms with Gasteiger partial charge in [0, 0.05) is 5.69 Å². The summed E-state index contributed by atoms with van der Waals surface area (Å²) in [4.78, 5) is 12.3. The van der Waals surface area contributed by atoms with Crippen molar-refractivity contribution >= 4 is 21.4 Å². The van der Waals surface area contributed by atoms with Crippen LogP contribution in [0.1, 0.15) is 6.92 Å². The predicted molar refractivity (Wildman–Crippen MR) is 102 cm³/mol. The highest BCUT2D eigenvalue weighted by molar-refractivity contribution is 7.91. The van der Waals surface area contributed by atoms with Gasteiger partial charge in [0.1, 0.15) is 12.7 Å². The van der Waals surface area contributed by atoms with Gasteiger partial charge in [-0.2, -0.15) is 0 Å². The highest BCUT2D eigenvalue weighted by Gasteiger charge is 2.20. The highest BCUT2D eigenvalue weighted by Crippen LogP contribution is 2.30. The average molecular weight is 390 g/mol. The number of hydrogen-bond donors (Lipinski definition) is 2. The number of hydrogen-bond acceptors (Lipinski definition) is 6. The Morgan fingerprint density at radius 1 is 1.11 bits per heavy atom. The second-order valence-electron chi connectivity index (χ2n) is 6.08. The van der Waals surface area contributed by atoms with Crippen LogP contribution >= 0.6 is 0 Å². The van der Waals surface area contributed by atoms with Gasteiger partial charge in [0.2, 0.25) is 5.91 Å². The molecule has 1 amide bonds. The van der Waals surface area contributed by atoms with Crippen LogP contribution in [0, 0.1) is 0 Å².